The van der Waals surface area contributed by atoms with E-state index in [2.05, 4.69) is 4.98 Å². The molecule has 3 aromatic rings. The zero-order valence-corrected chi connectivity index (χ0v) is 15.4. The summed E-state index contributed by atoms with van der Waals surface area (Å²) in [6, 6.07) is 10.3. The van der Waals surface area contributed by atoms with E-state index in [0.717, 1.165) is 17.8 Å². The average molecular weight is 407 g/mol. The second-order valence-corrected chi connectivity index (χ2v) is 8.34. The Labute approximate surface area is 160 Å². The standard InChI is InChI=1S/C19H16F3N3O2S/c20-19(21,22)15-3-1-4-16(13-15)28(26,27)25-12-11-24-10-2-5-17(24)18(25)14-6-8-23-9-7-14/h1-10,13,18H,11-12H2. The maximum Gasteiger partial charge on any atom is 0.416 e. The van der Waals surface area contributed by atoms with Crippen LogP contribution < -0.4 is 0 Å². The summed E-state index contributed by atoms with van der Waals surface area (Å²) < 4.78 is 69.1. The number of pyridine rings is 1. The van der Waals surface area contributed by atoms with Gasteiger partial charge in [0, 0.05) is 37.4 Å². The molecule has 5 nitrogen and oxygen atoms in total. The summed E-state index contributed by atoms with van der Waals surface area (Å²) in [6.45, 7) is 0.565. The van der Waals surface area contributed by atoms with Crippen LogP contribution in [-0.4, -0.2) is 28.8 Å². The van der Waals surface area contributed by atoms with E-state index in [4.69, 9.17) is 0 Å². The molecule has 0 bridgehead atoms. The fourth-order valence-electron chi connectivity index (χ4n) is 3.47. The number of alkyl halides is 3. The van der Waals surface area contributed by atoms with Crippen molar-refractivity contribution in [2.75, 3.05) is 6.54 Å². The lowest BCUT2D eigenvalue weighted by molar-refractivity contribution is -0.137. The second kappa shape index (κ2) is 6.75. The predicted molar refractivity (Wildman–Crippen MR) is 95.8 cm³/mol. The largest absolute Gasteiger partial charge is 0.416 e. The van der Waals surface area contributed by atoms with Gasteiger partial charge in [0.05, 0.1) is 16.5 Å². The molecule has 0 aliphatic carbocycles. The van der Waals surface area contributed by atoms with E-state index in [1.54, 1.807) is 24.5 Å². The Morgan fingerprint density at radius 3 is 2.46 bits per heavy atom. The number of fused-ring (bicyclic) bond motifs is 1. The molecule has 4 rings (SSSR count). The first-order valence-corrected chi connectivity index (χ1v) is 9.96. The Bertz CT molecular complexity index is 1090. The molecule has 0 spiro atoms. The average Bonchev–Trinajstić information content (AvgIpc) is 3.16. The number of nitrogens with zero attached hydrogens (tertiary/aromatic N) is 3. The Hall–Kier alpha value is -2.65. The van der Waals surface area contributed by atoms with Crippen molar-refractivity contribution in [3.8, 4) is 0 Å². The molecule has 1 unspecified atom stereocenters. The molecule has 3 heterocycles. The van der Waals surface area contributed by atoms with Gasteiger partial charge in [0.15, 0.2) is 0 Å². The number of aromatic nitrogens is 2. The third-order valence-electron chi connectivity index (χ3n) is 4.78. The molecule has 1 aromatic carbocycles. The highest BCUT2D eigenvalue weighted by Crippen LogP contribution is 2.37. The third kappa shape index (κ3) is 3.20. The smallest absolute Gasteiger partial charge is 0.348 e. The van der Waals surface area contributed by atoms with E-state index in [9.17, 15) is 21.6 Å². The molecule has 1 aliphatic heterocycles. The van der Waals surface area contributed by atoms with Gasteiger partial charge in [0.2, 0.25) is 10.0 Å². The maximum absolute atomic E-state index is 13.3. The van der Waals surface area contributed by atoms with Gasteiger partial charge in [0.25, 0.3) is 0 Å². The van der Waals surface area contributed by atoms with Crippen LogP contribution in [0.5, 0.6) is 0 Å². The van der Waals surface area contributed by atoms with Crippen molar-refractivity contribution in [2.45, 2.75) is 23.7 Å². The van der Waals surface area contributed by atoms with Gasteiger partial charge in [-0.15, -0.1) is 0 Å². The van der Waals surface area contributed by atoms with Crippen molar-refractivity contribution >= 4 is 10.0 Å². The fourth-order valence-corrected chi connectivity index (χ4v) is 5.10. The van der Waals surface area contributed by atoms with E-state index in [1.807, 2.05) is 22.9 Å². The molecule has 28 heavy (non-hydrogen) atoms. The molecule has 1 atom stereocenters. The highest BCUT2D eigenvalue weighted by Gasteiger charge is 2.39. The molecule has 0 saturated carbocycles. The lowest BCUT2D eigenvalue weighted by atomic mass is 10.0. The molecule has 0 fully saturated rings. The summed E-state index contributed by atoms with van der Waals surface area (Å²) in [5, 5.41) is 0. The number of benzene rings is 1. The third-order valence-corrected chi connectivity index (χ3v) is 6.64. The molecule has 0 N–H and O–H groups in total. The van der Waals surface area contributed by atoms with Crippen LogP contribution in [0.25, 0.3) is 0 Å². The van der Waals surface area contributed by atoms with Crippen molar-refractivity contribution in [2.24, 2.45) is 0 Å². The molecular weight excluding hydrogens is 391 g/mol. The van der Waals surface area contributed by atoms with Crippen LogP contribution in [0.3, 0.4) is 0 Å². The summed E-state index contributed by atoms with van der Waals surface area (Å²) in [6.07, 6.45) is 0.364. The Balaban J connectivity index is 1.83. The van der Waals surface area contributed by atoms with Crippen molar-refractivity contribution in [3.05, 3.63) is 83.9 Å². The molecule has 1 aliphatic rings. The Morgan fingerprint density at radius 2 is 1.75 bits per heavy atom. The van der Waals surface area contributed by atoms with Gasteiger partial charge in [0.1, 0.15) is 0 Å². The summed E-state index contributed by atoms with van der Waals surface area (Å²) in [5.41, 5.74) is 0.465. The highest BCUT2D eigenvalue weighted by atomic mass is 32.2. The zero-order chi connectivity index (χ0) is 19.9. The quantitative estimate of drug-likeness (QED) is 0.665. The fraction of sp³-hybridized carbons (Fsp3) is 0.211. The topological polar surface area (TPSA) is 55.2 Å². The van der Waals surface area contributed by atoms with Crippen LogP contribution >= 0.6 is 0 Å². The monoisotopic (exact) mass is 407 g/mol. The van der Waals surface area contributed by atoms with Crippen molar-refractivity contribution < 1.29 is 21.6 Å². The molecular formula is C19H16F3N3O2S. The summed E-state index contributed by atoms with van der Waals surface area (Å²) in [4.78, 5) is 3.59. The van der Waals surface area contributed by atoms with Crippen LogP contribution in [0.4, 0.5) is 13.2 Å². The van der Waals surface area contributed by atoms with E-state index in [-0.39, 0.29) is 11.4 Å². The van der Waals surface area contributed by atoms with Gasteiger partial charge in [-0.3, -0.25) is 4.98 Å². The number of hydrogen-bond acceptors (Lipinski definition) is 3. The number of halogens is 3. The van der Waals surface area contributed by atoms with Gasteiger partial charge in [-0.2, -0.15) is 17.5 Å². The van der Waals surface area contributed by atoms with Crippen LogP contribution in [0.2, 0.25) is 0 Å². The van der Waals surface area contributed by atoms with Gasteiger partial charge >= 0.3 is 6.18 Å². The SMILES string of the molecule is O=S(=O)(c1cccc(C(F)(F)F)c1)N1CCn2cccc2C1c1ccncc1. The van der Waals surface area contributed by atoms with Crippen molar-refractivity contribution in [1.29, 1.82) is 0 Å². The first-order chi connectivity index (χ1) is 13.3. The van der Waals surface area contributed by atoms with Crippen LogP contribution in [0, 0.1) is 0 Å². The molecule has 146 valence electrons. The van der Waals surface area contributed by atoms with Gasteiger partial charge in [-0.05, 0) is 48.0 Å². The number of hydrogen-bond donors (Lipinski definition) is 0. The van der Waals surface area contributed by atoms with Crippen LogP contribution in [0.15, 0.2) is 72.0 Å². The van der Waals surface area contributed by atoms with Crippen LogP contribution in [-0.2, 0) is 22.7 Å². The maximum atomic E-state index is 13.3. The number of sulfonamides is 1. The minimum absolute atomic E-state index is 0.146. The molecule has 0 radical (unpaired) electrons. The van der Waals surface area contributed by atoms with Crippen LogP contribution in [0.1, 0.15) is 22.9 Å². The van der Waals surface area contributed by atoms with E-state index < -0.39 is 27.8 Å². The molecule has 2 aromatic heterocycles. The minimum Gasteiger partial charge on any atom is -0.348 e. The molecule has 0 saturated heterocycles. The normalized spacial score (nSPS) is 18.0. The lowest BCUT2D eigenvalue weighted by Gasteiger charge is -2.36. The predicted octanol–water partition coefficient (Wildman–Crippen LogP) is 3.70. The number of rotatable bonds is 3. The Kier molecular flexibility index (Phi) is 4.51. The Morgan fingerprint density at radius 1 is 1.00 bits per heavy atom. The lowest BCUT2D eigenvalue weighted by Crippen LogP contribution is -2.42. The van der Waals surface area contributed by atoms with E-state index in [1.165, 1.54) is 10.4 Å². The summed E-state index contributed by atoms with van der Waals surface area (Å²) >= 11 is 0. The first-order valence-electron chi connectivity index (χ1n) is 8.52. The minimum atomic E-state index is -4.62. The van der Waals surface area contributed by atoms with E-state index >= 15 is 0 Å². The second-order valence-electron chi connectivity index (χ2n) is 6.45. The van der Waals surface area contributed by atoms with Crippen molar-refractivity contribution in [3.63, 3.8) is 0 Å². The van der Waals surface area contributed by atoms with Gasteiger partial charge in [-0.25, -0.2) is 8.42 Å². The summed E-state index contributed by atoms with van der Waals surface area (Å²) in [5.74, 6) is 0. The first kappa shape index (κ1) is 18.7. The molecule has 0 amide bonds. The highest BCUT2D eigenvalue weighted by molar-refractivity contribution is 7.89. The van der Waals surface area contributed by atoms with Gasteiger partial charge in [-0.1, -0.05) is 6.07 Å². The molecule has 9 heteroatoms. The van der Waals surface area contributed by atoms with Crippen molar-refractivity contribution in [1.82, 2.24) is 13.9 Å². The van der Waals surface area contributed by atoms with E-state index in [0.29, 0.717) is 18.2 Å². The summed E-state index contributed by atoms with van der Waals surface area (Å²) in [7, 11) is -4.16. The zero-order valence-electron chi connectivity index (χ0n) is 14.5. The van der Waals surface area contributed by atoms with Gasteiger partial charge < -0.3 is 4.57 Å².